The van der Waals surface area contributed by atoms with Crippen LogP contribution in [-0.2, 0) is 6.42 Å². The Morgan fingerprint density at radius 3 is 2.32 bits per heavy atom. The van der Waals surface area contributed by atoms with Crippen molar-refractivity contribution in [1.82, 2.24) is 9.78 Å². The third kappa shape index (κ3) is 3.11. The van der Waals surface area contributed by atoms with Gasteiger partial charge in [0.1, 0.15) is 17.2 Å². The van der Waals surface area contributed by atoms with Crippen molar-refractivity contribution in [2.45, 2.75) is 18.8 Å². The van der Waals surface area contributed by atoms with Gasteiger partial charge in [0.05, 0.1) is 44.5 Å². The highest BCUT2D eigenvalue weighted by molar-refractivity contribution is 5.98. The van der Waals surface area contributed by atoms with Gasteiger partial charge in [0.25, 0.3) is 0 Å². The van der Waals surface area contributed by atoms with Crippen molar-refractivity contribution in [3.8, 4) is 22.9 Å². The number of ether oxygens (including phenoxy) is 3. The number of methoxy groups -OCH3 is 3. The summed E-state index contributed by atoms with van der Waals surface area (Å²) >= 11 is 0. The van der Waals surface area contributed by atoms with Crippen LogP contribution in [0.25, 0.3) is 5.69 Å². The minimum absolute atomic E-state index is 0.0227. The number of benzene rings is 2. The number of fused-ring (bicyclic) bond motifs is 1. The second-order valence-electron chi connectivity index (χ2n) is 6.75. The van der Waals surface area contributed by atoms with Crippen LogP contribution < -0.4 is 14.2 Å². The Morgan fingerprint density at radius 1 is 0.929 bits per heavy atom. The molecular formula is C22H22N2O4. The molecule has 0 fully saturated rings. The van der Waals surface area contributed by atoms with E-state index in [1.807, 2.05) is 47.1 Å². The van der Waals surface area contributed by atoms with Crippen LogP contribution in [-0.4, -0.2) is 36.9 Å². The van der Waals surface area contributed by atoms with Gasteiger partial charge >= 0.3 is 0 Å². The number of hydrogen-bond acceptors (Lipinski definition) is 5. The molecule has 0 bridgehead atoms. The average molecular weight is 378 g/mol. The Bertz CT molecular complexity index is 1010. The van der Waals surface area contributed by atoms with Gasteiger partial charge in [0, 0.05) is 18.4 Å². The lowest BCUT2D eigenvalue weighted by atomic mass is 9.82. The molecule has 0 saturated carbocycles. The second kappa shape index (κ2) is 7.38. The zero-order valence-corrected chi connectivity index (χ0v) is 16.1. The monoisotopic (exact) mass is 378 g/mol. The summed E-state index contributed by atoms with van der Waals surface area (Å²) in [6.07, 6.45) is 2.81. The number of rotatable bonds is 5. The molecule has 1 unspecified atom stereocenters. The van der Waals surface area contributed by atoms with Crippen LogP contribution in [0.5, 0.6) is 17.2 Å². The van der Waals surface area contributed by atoms with Crippen molar-refractivity contribution >= 4 is 5.78 Å². The zero-order valence-electron chi connectivity index (χ0n) is 16.1. The molecule has 0 amide bonds. The first-order valence-electron chi connectivity index (χ1n) is 9.11. The van der Waals surface area contributed by atoms with Crippen LogP contribution in [0.4, 0.5) is 0 Å². The van der Waals surface area contributed by atoms with E-state index in [1.165, 1.54) is 0 Å². The Hall–Kier alpha value is -3.28. The van der Waals surface area contributed by atoms with Gasteiger partial charge in [-0.1, -0.05) is 6.07 Å². The lowest BCUT2D eigenvalue weighted by Crippen LogP contribution is -2.20. The van der Waals surface area contributed by atoms with E-state index in [4.69, 9.17) is 14.2 Å². The smallest absolute Gasteiger partial charge is 0.166 e. The molecule has 2 aromatic carbocycles. The van der Waals surface area contributed by atoms with Crippen LogP contribution in [0.15, 0.2) is 48.7 Å². The van der Waals surface area contributed by atoms with Gasteiger partial charge in [-0.2, -0.15) is 5.10 Å². The van der Waals surface area contributed by atoms with Gasteiger partial charge in [-0.15, -0.1) is 0 Å². The number of aromatic nitrogens is 2. The van der Waals surface area contributed by atoms with E-state index in [2.05, 4.69) is 5.10 Å². The summed E-state index contributed by atoms with van der Waals surface area (Å²) in [5.74, 6) is 2.36. The van der Waals surface area contributed by atoms with Crippen molar-refractivity contribution in [3.05, 3.63) is 65.5 Å². The molecule has 6 heteroatoms. The highest BCUT2D eigenvalue weighted by Crippen LogP contribution is 2.39. The summed E-state index contributed by atoms with van der Waals surface area (Å²) in [6.45, 7) is 0. The molecule has 3 aromatic rings. The fourth-order valence-corrected chi connectivity index (χ4v) is 3.76. The number of hydrogen-bond donors (Lipinski definition) is 0. The molecule has 0 aliphatic heterocycles. The summed E-state index contributed by atoms with van der Waals surface area (Å²) in [4.78, 5) is 12.8. The van der Waals surface area contributed by atoms with Gasteiger partial charge in [0.2, 0.25) is 0 Å². The predicted molar refractivity (Wildman–Crippen MR) is 105 cm³/mol. The Kier molecular flexibility index (Phi) is 4.77. The zero-order chi connectivity index (χ0) is 19.7. The minimum atomic E-state index is 0.0227. The van der Waals surface area contributed by atoms with Crippen molar-refractivity contribution < 1.29 is 19.0 Å². The van der Waals surface area contributed by atoms with Crippen molar-refractivity contribution in [3.63, 3.8) is 0 Å². The number of carbonyl (C=O) groups is 1. The first kappa shape index (κ1) is 18.1. The fourth-order valence-electron chi connectivity index (χ4n) is 3.76. The van der Waals surface area contributed by atoms with E-state index in [0.29, 0.717) is 18.4 Å². The molecule has 0 saturated heterocycles. The molecule has 144 valence electrons. The van der Waals surface area contributed by atoms with Gasteiger partial charge in [-0.25, -0.2) is 4.68 Å². The number of Topliss-reactive ketones (excluding diaryl/α,β-unsaturated/α-hetero) is 1. The van der Waals surface area contributed by atoms with Crippen molar-refractivity contribution in [2.75, 3.05) is 21.3 Å². The molecule has 28 heavy (non-hydrogen) atoms. The summed E-state index contributed by atoms with van der Waals surface area (Å²) in [7, 11) is 4.89. The molecule has 1 aromatic heterocycles. The molecule has 0 spiro atoms. The Morgan fingerprint density at radius 2 is 1.64 bits per heavy atom. The lowest BCUT2D eigenvalue weighted by molar-refractivity contribution is 0.0963. The minimum Gasteiger partial charge on any atom is -0.497 e. The topological polar surface area (TPSA) is 62.6 Å². The van der Waals surface area contributed by atoms with E-state index in [-0.39, 0.29) is 11.7 Å². The third-order valence-electron chi connectivity index (χ3n) is 5.24. The second-order valence-corrected chi connectivity index (χ2v) is 6.75. The van der Waals surface area contributed by atoms with Crippen LogP contribution in [0, 0.1) is 0 Å². The van der Waals surface area contributed by atoms with Gasteiger partial charge < -0.3 is 14.2 Å². The SMILES string of the molecule is COc1ccc(-n2ncc3c2CC(c2ccc(OC)cc2OC)CC3=O)cc1. The fraction of sp³-hybridized carbons (Fsp3) is 0.273. The molecule has 1 atom stereocenters. The maximum atomic E-state index is 12.8. The van der Waals surface area contributed by atoms with Crippen molar-refractivity contribution in [2.24, 2.45) is 0 Å². The maximum Gasteiger partial charge on any atom is 0.166 e. The van der Waals surface area contributed by atoms with Crippen molar-refractivity contribution in [1.29, 1.82) is 0 Å². The van der Waals surface area contributed by atoms with Crippen LogP contribution in [0.2, 0.25) is 0 Å². The Balaban J connectivity index is 1.71. The number of ketones is 1. The Labute approximate surface area is 163 Å². The summed E-state index contributed by atoms with van der Waals surface area (Å²) < 4.78 is 17.9. The number of nitrogens with zero attached hydrogens (tertiary/aromatic N) is 2. The molecule has 6 nitrogen and oxygen atoms in total. The first-order chi connectivity index (χ1) is 13.6. The molecule has 1 aliphatic rings. The molecule has 1 heterocycles. The van der Waals surface area contributed by atoms with E-state index in [0.717, 1.165) is 34.2 Å². The van der Waals surface area contributed by atoms with Gasteiger partial charge in [0.15, 0.2) is 5.78 Å². The predicted octanol–water partition coefficient (Wildman–Crippen LogP) is 3.81. The van der Waals surface area contributed by atoms with Crippen LogP contribution >= 0.6 is 0 Å². The van der Waals surface area contributed by atoms with Gasteiger partial charge in [-0.3, -0.25) is 4.79 Å². The molecule has 1 aliphatic carbocycles. The third-order valence-corrected chi connectivity index (χ3v) is 5.24. The quantitative estimate of drug-likeness (QED) is 0.676. The summed E-state index contributed by atoms with van der Waals surface area (Å²) in [5, 5.41) is 4.48. The highest BCUT2D eigenvalue weighted by atomic mass is 16.5. The largest absolute Gasteiger partial charge is 0.497 e. The average Bonchev–Trinajstić information content (AvgIpc) is 3.17. The van der Waals surface area contributed by atoms with E-state index in [1.54, 1.807) is 27.5 Å². The summed E-state index contributed by atoms with van der Waals surface area (Å²) in [6, 6.07) is 13.4. The van der Waals surface area contributed by atoms with E-state index >= 15 is 0 Å². The van der Waals surface area contributed by atoms with E-state index in [9.17, 15) is 4.79 Å². The van der Waals surface area contributed by atoms with E-state index < -0.39 is 0 Å². The maximum absolute atomic E-state index is 12.8. The standard InChI is InChI=1S/C22H22N2O4/c1-26-16-6-4-15(5-7-16)24-20-10-14(11-21(25)19(20)13-23-24)18-9-8-17(27-2)12-22(18)28-3/h4-9,12-14H,10-11H2,1-3H3. The lowest BCUT2D eigenvalue weighted by Gasteiger charge is -2.24. The molecular weight excluding hydrogens is 356 g/mol. The van der Waals surface area contributed by atoms with Crippen LogP contribution in [0.3, 0.4) is 0 Å². The van der Waals surface area contributed by atoms with Gasteiger partial charge in [-0.05, 0) is 42.3 Å². The van der Waals surface area contributed by atoms with Crippen LogP contribution in [0.1, 0.15) is 34.0 Å². The molecule has 0 N–H and O–H groups in total. The summed E-state index contributed by atoms with van der Waals surface area (Å²) in [5.41, 5.74) is 3.52. The molecule has 0 radical (unpaired) electrons. The number of carbonyl (C=O) groups excluding carboxylic acids is 1. The highest BCUT2D eigenvalue weighted by Gasteiger charge is 2.31. The normalized spacial score (nSPS) is 15.8. The first-order valence-corrected chi connectivity index (χ1v) is 9.11. The molecule has 4 rings (SSSR count).